The predicted octanol–water partition coefficient (Wildman–Crippen LogP) is 3.22. The number of nitrogens with one attached hydrogen (secondary N) is 1. The molecule has 0 radical (unpaired) electrons. The molecule has 1 fully saturated rings. The molecule has 1 atom stereocenters. The minimum atomic E-state index is 0.395. The van der Waals surface area contributed by atoms with E-state index in [1.54, 1.807) is 0 Å². The topological polar surface area (TPSA) is 21.3 Å². The van der Waals surface area contributed by atoms with Crippen molar-refractivity contribution in [2.75, 3.05) is 19.8 Å². The van der Waals surface area contributed by atoms with E-state index < -0.39 is 0 Å². The molecule has 0 aliphatic heterocycles. The molecule has 0 bridgehead atoms. The first-order valence-electron chi connectivity index (χ1n) is 6.84. The highest BCUT2D eigenvalue weighted by atomic mass is 16.5. The number of hydrogen-bond donors (Lipinski definition) is 1. The van der Waals surface area contributed by atoms with Crippen molar-refractivity contribution in [2.24, 2.45) is 11.3 Å². The van der Waals surface area contributed by atoms with Crippen LogP contribution in [0.15, 0.2) is 0 Å². The average Bonchev–Trinajstić information content (AvgIpc) is 2.98. The maximum atomic E-state index is 5.81. The second-order valence-corrected chi connectivity index (χ2v) is 6.28. The van der Waals surface area contributed by atoms with E-state index in [1.165, 1.54) is 19.3 Å². The molecule has 1 aliphatic carbocycles. The normalized spacial score (nSPS) is 18.8. The van der Waals surface area contributed by atoms with Crippen molar-refractivity contribution in [3.63, 3.8) is 0 Å². The van der Waals surface area contributed by atoms with Gasteiger partial charge in [0.1, 0.15) is 0 Å². The van der Waals surface area contributed by atoms with Gasteiger partial charge in [0, 0.05) is 12.6 Å². The van der Waals surface area contributed by atoms with Gasteiger partial charge in [-0.1, -0.05) is 27.7 Å². The lowest BCUT2D eigenvalue weighted by Crippen LogP contribution is -2.36. The maximum absolute atomic E-state index is 5.81. The molecule has 1 rings (SSSR count). The quantitative estimate of drug-likeness (QED) is 0.643. The van der Waals surface area contributed by atoms with Gasteiger partial charge in [0.15, 0.2) is 0 Å². The Morgan fingerprint density at radius 1 is 1.31 bits per heavy atom. The monoisotopic (exact) mass is 227 g/mol. The molecule has 1 N–H and O–H groups in total. The first kappa shape index (κ1) is 14.0. The summed E-state index contributed by atoms with van der Waals surface area (Å²) in [4.78, 5) is 0. The zero-order valence-electron chi connectivity index (χ0n) is 11.5. The summed E-state index contributed by atoms with van der Waals surface area (Å²) < 4.78 is 5.81. The molecule has 1 aliphatic rings. The molecule has 1 unspecified atom stereocenters. The fraction of sp³-hybridized carbons (Fsp3) is 1.00. The van der Waals surface area contributed by atoms with Crippen LogP contribution in [0, 0.1) is 11.3 Å². The Morgan fingerprint density at radius 3 is 2.50 bits per heavy atom. The van der Waals surface area contributed by atoms with Crippen LogP contribution in [0.2, 0.25) is 0 Å². The van der Waals surface area contributed by atoms with Crippen LogP contribution in [0.25, 0.3) is 0 Å². The summed E-state index contributed by atoms with van der Waals surface area (Å²) in [6.07, 6.45) is 5.15. The van der Waals surface area contributed by atoms with E-state index in [9.17, 15) is 0 Å². The van der Waals surface area contributed by atoms with E-state index in [1.807, 2.05) is 0 Å². The van der Waals surface area contributed by atoms with Crippen LogP contribution < -0.4 is 5.32 Å². The average molecular weight is 227 g/mol. The predicted molar refractivity (Wildman–Crippen MR) is 69.7 cm³/mol. The molecule has 0 spiro atoms. The van der Waals surface area contributed by atoms with Crippen LogP contribution in [0.3, 0.4) is 0 Å². The molecule has 0 aromatic carbocycles. The van der Waals surface area contributed by atoms with E-state index in [4.69, 9.17) is 4.74 Å². The van der Waals surface area contributed by atoms with Gasteiger partial charge in [0.05, 0.1) is 6.61 Å². The fourth-order valence-corrected chi connectivity index (χ4v) is 1.78. The van der Waals surface area contributed by atoms with Crippen LogP contribution in [0.5, 0.6) is 0 Å². The first-order chi connectivity index (χ1) is 7.53. The van der Waals surface area contributed by atoms with Crippen LogP contribution >= 0.6 is 0 Å². The van der Waals surface area contributed by atoms with Crippen molar-refractivity contribution in [2.45, 2.75) is 59.4 Å². The molecule has 0 heterocycles. The Bertz CT molecular complexity index is 182. The highest BCUT2D eigenvalue weighted by Gasteiger charge is 2.30. The fourth-order valence-electron chi connectivity index (χ4n) is 1.78. The molecule has 1 saturated carbocycles. The molecule has 0 amide bonds. The largest absolute Gasteiger partial charge is 0.380 e. The van der Waals surface area contributed by atoms with E-state index in [0.717, 1.165) is 32.1 Å². The molecule has 0 aromatic rings. The van der Waals surface area contributed by atoms with Crippen molar-refractivity contribution < 1.29 is 4.74 Å². The zero-order chi connectivity index (χ0) is 12.0. The van der Waals surface area contributed by atoms with Crippen molar-refractivity contribution in [3.8, 4) is 0 Å². The van der Waals surface area contributed by atoms with Gasteiger partial charge in [0.25, 0.3) is 0 Å². The molecular formula is C14H29NO. The van der Waals surface area contributed by atoms with Gasteiger partial charge in [-0.25, -0.2) is 0 Å². The number of hydrogen-bond acceptors (Lipinski definition) is 2. The third-order valence-corrected chi connectivity index (χ3v) is 3.14. The molecule has 2 heteroatoms. The van der Waals surface area contributed by atoms with Gasteiger partial charge in [-0.3, -0.25) is 0 Å². The van der Waals surface area contributed by atoms with Gasteiger partial charge in [0.2, 0.25) is 0 Å². The van der Waals surface area contributed by atoms with Crippen molar-refractivity contribution in [1.29, 1.82) is 0 Å². The van der Waals surface area contributed by atoms with E-state index >= 15 is 0 Å². The first-order valence-corrected chi connectivity index (χ1v) is 6.84. The molecule has 0 aromatic heterocycles. The van der Waals surface area contributed by atoms with Crippen LogP contribution in [-0.2, 0) is 4.74 Å². The van der Waals surface area contributed by atoms with Crippen LogP contribution in [0.1, 0.15) is 53.4 Å². The highest BCUT2D eigenvalue weighted by molar-refractivity contribution is 4.86. The molecule has 16 heavy (non-hydrogen) atoms. The standard InChI is InChI=1S/C14H29NO/c1-5-9-15-13(12-6-7-12)11-16-10-8-14(2,3)4/h12-13,15H,5-11H2,1-4H3. The third-order valence-electron chi connectivity index (χ3n) is 3.14. The van der Waals surface area contributed by atoms with Crippen molar-refractivity contribution in [3.05, 3.63) is 0 Å². The van der Waals surface area contributed by atoms with Crippen molar-refractivity contribution >= 4 is 0 Å². The third kappa shape index (κ3) is 6.49. The highest BCUT2D eigenvalue weighted by Crippen LogP contribution is 2.32. The summed E-state index contributed by atoms with van der Waals surface area (Å²) in [6, 6.07) is 0.611. The number of rotatable bonds is 8. The van der Waals surface area contributed by atoms with Gasteiger partial charge in [-0.05, 0) is 43.6 Å². The minimum absolute atomic E-state index is 0.395. The Hall–Kier alpha value is -0.0800. The molecule has 2 nitrogen and oxygen atoms in total. The lowest BCUT2D eigenvalue weighted by atomic mass is 9.93. The summed E-state index contributed by atoms with van der Waals surface area (Å²) in [5.41, 5.74) is 0.395. The maximum Gasteiger partial charge on any atom is 0.0622 e. The Kier molecular flexibility index (Phi) is 5.77. The van der Waals surface area contributed by atoms with Crippen LogP contribution in [0.4, 0.5) is 0 Å². The Labute approximate surface area is 101 Å². The molecular weight excluding hydrogens is 198 g/mol. The van der Waals surface area contributed by atoms with Gasteiger partial charge in [-0.2, -0.15) is 0 Å². The van der Waals surface area contributed by atoms with Crippen LogP contribution in [-0.4, -0.2) is 25.8 Å². The summed E-state index contributed by atoms with van der Waals surface area (Å²) in [6.45, 7) is 12.0. The second-order valence-electron chi connectivity index (χ2n) is 6.28. The minimum Gasteiger partial charge on any atom is -0.380 e. The summed E-state index contributed by atoms with van der Waals surface area (Å²) in [5.74, 6) is 0.890. The summed E-state index contributed by atoms with van der Waals surface area (Å²) in [5, 5.41) is 3.60. The molecule has 0 saturated heterocycles. The zero-order valence-corrected chi connectivity index (χ0v) is 11.5. The second kappa shape index (κ2) is 6.61. The number of ether oxygens (including phenoxy) is 1. The summed E-state index contributed by atoms with van der Waals surface area (Å²) in [7, 11) is 0. The SMILES string of the molecule is CCCNC(COCCC(C)(C)C)C1CC1. The van der Waals surface area contributed by atoms with Gasteiger partial charge < -0.3 is 10.1 Å². The summed E-state index contributed by atoms with van der Waals surface area (Å²) >= 11 is 0. The Balaban J connectivity index is 2.08. The van der Waals surface area contributed by atoms with Crippen molar-refractivity contribution in [1.82, 2.24) is 5.32 Å². The molecule has 96 valence electrons. The lowest BCUT2D eigenvalue weighted by molar-refractivity contribution is 0.0850. The van der Waals surface area contributed by atoms with E-state index in [2.05, 4.69) is 33.0 Å². The van der Waals surface area contributed by atoms with Gasteiger partial charge >= 0.3 is 0 Å². The van der Waals surface area contributed by atoms with E-state index in [0.29, 0.717) is 11.5 Å². The van der Waals surface area contributed by atoms with Gasteiger partial charge in [-0.15, -0.1) is 0 Å². The lowest BCUT2D eigenvalue weighted by Gasteiger charge is -2.21. The Morgan fingerprint density at radius 2 is 2.00 bits per heavy atom. The van der Waals surface area contributed by atoms with E-state index in [-0.39, 0.29) is 0 Å². The smallest absolute Gasteiger partial charge is 0.0622 e.